The monoisotopic (exact) mass is 288 g/mol. The molecule has 0 aliphatic carbocycles. The molecule has 7 heteroatoms. The number of hydrogen-bond donors (Lipinski definition) is 3. The van der Waals surface area contributed by atoms with Gasteiger partial charge in [-0.25, -0.2) is 9.59 Å². The van der Waals surface area contributed by atoms with E-state index in [1.807, 2.05) is 13.8 Å². The Balaban J connectivity index is 4.32. The SMILES string of the molecule is CCC(C)CN(C)C(=O)N[C@H](CCCC(=O)O)C(=O)O. The number of carboxylic acid groups (broad SMARTS) is 2. The van der Waals surface area contributed by atoms with Crippen molar-refractivity contribution in [1.82, 2.24) is 10.2 Å². The topological polar surface area (TPSA) is 107 Å². The van der Waals surface area contributed by atoms with Crippen molar-refractivity contribution in [3.8, 4) is 0 Å². The van der Waals surface area contributed by atoms with Crippen molar-refractivity contribution in [1.29, 1.82) is 0 Å². The normalized spacial score (nSPS) is 13.3. The maximum Gasteiger partial charge on any atom is 0.326 e. The molecule has 20 heavy (non-hydrogen) atoms. The molecule has 2 atom stereocenters. The molecular weight excluding hydrogens is 264 g/mol. The largest absolute Gasteiger partial charge is 0.481 e. The lowest BCUT2D eigenvalue weighted by atomic mass is 10.1. The maximum atomic E-state index is 11.8. The van der Waals surface area contributed by atoms with Crippen molar-refractivity contribution in [3.63, 3.8) is 0 Å². The predicted molar refractivity (Wildman–Crippen MR) is 73.5 cm³/mol. The lowest BCUT2D eigenvalue weighted by molar-refractivity contribution is -0.140. The van der Waals surface area contributed by atoms with E-state index < -0.39 is 24.0 Å². The summed E-state index contributed by atoms with van der Waals surface area (Å²) in [6.07, 6.45) is 1.13. The van der Waals surface area contributed by atoms with Crippen LogP contribution in [0.2, 0.25) is 0 Å². The minimum atomic E-state index is -1.15. The Morgan fingerprint density at radius 1 is 1.25 bits per heavy atom. The predicted octanol–water partition coefficient (Wildman–Crippen LogP) is 1.38. The van der Waals surface area contributed by atoms with Crippen molar-refractivity contribution < 1.29 is 24.6 Å². The molecular formula is C13H24N2O5. The first kappa shape index (κ1) is 18.2. The zero-order valence-corrected chi connectivity index (χ0v) is 12.3. The number of carboxylic acids is 2. The molecule has 0 radical (unpaired) electrons. The van der Waals surface area contributed by atoms with Crippen molar-refractivity contribution in [2.75, 3.05) is 13.6 Å². The standard InChI is InChI=1S/C13H24N2O5/c1-4-9(2)8-15(3)13(20)14-10(12(18)19)6-5-7-11(16)17/h9-10H,4-8H2,1-3H3,(H,14,20)(H,16,17)(H,18,19)/t9?,10-/m1/s1. The third-order valence-electron chi connectivity index (χ3n) is 3.11. The molecule has 2 amide bonds. The van der Waals surface area contributed by atoms with E-state index >= 15 is 0 Å². The molecule has 0 fully saturated rings. The van der Waals surface area contributed by atoms with Gasteiger partial charge in [0.1, 0.15) is 6.04 Å². The van der Waals surface area contributed by atoms with Crippen molar-refractivity contribution in [2.45, 2.75) is 45.6 Å². The van der Waals surface area contributed by atoms with E-state index in [1.165, 1.54) is 4.90 Å². The van der Waals surface area contributed by atoms with Gasteiger partial charge < -0.3 is 20.4 Å². The summed E-state index contributed by atoms with van der Waals surface area (Å²) in [4.78, 5) is 34.7. The van der Waals surface area contributed by atoms with E-state index in [9.17, 15) is 14.4 Å². The van der Waals surface area contributed by atoms with Gasteiger partial charge in [0.15, 0.2) is 0 Å². The van der Waals surface area contributed by atoms with Gasteiger partial charge >= 0.3 is 18.0 Å². The van der Waals surface area contributed by atoms with E-state index in [0.717, 1.165) is 6.42 Å². The number of carbonyl (C=O) groups is 3. The molecule has 0 aromatic rings. The number of hydrogen-bond acceptors (Lipinski definition) is 3. The summed E-state index contributed by atoms with van der Waals surface area (Å²) < 4.78 is 0. The first-order valence-corrected chi connectivity index (χ1v) is 6.74. The summed E-state index contributed by atoms with van der Waals surface area (Å²) in [6.45, 7) is 4.57. The average Bonchev–Trinajstić information content (AvgIpc) is 2.36. The summed E-state index contributed by atoms with van der Waals surface area (Å²) in [5, 5.41) is 19.9. The molecule has 116 valence electrons. The lowest BCUT2D eigenvalue weighted by Gasteiger charge is -2.23. The Labute approximate surface area is 119 Å². The fourth-order valence-corrected chi connectivity index (χ4v) is 1.65. The fraction of sp³-hybridized carbons (Fsp3) is 0.769. The highest BCUT2D eigenvalue weighted by atomic mass is 16.4. The Morgan fingerprint density at radius 2 is 1.85 bits per heavy atom. The van der Waals surface area contributed by atoms with Crippen LogP contribution in [0.3, 0.4) is 0 Å². The van der Waals surface area contributed by atoms with Crippen LogP contribution in [-0.4, -0.2) is 52.7 Å². The zero-order chi connectivity index (χ0) is 15.7. The molecule has 3 N–H and O–H groups in total. The van der Waals surface area contributed by atoms with Crippen LogP contribution in [0.5, 0.6) is 0 Å². The van der Waals surface area contributed by atoms with E-state index in [4.69, 9.17) is 10.2 Å². The molecule has 1 unspecified atom stereocenters. The summed E-state index contributed by atoms with van der Waals surface area (Å²) in [7, 11) is 1.61. The molecule has 0 saturated heterocycles. The van der Waals surface area contributed by atoms with Gasteiger partial charge in [-0.3, -0.25) is 4.79 Å². The molecule has 0 aromatic carbocycles. The van der Waals surface area contributed by atoms with Gasteiger partial charge in [-0.15, -0.1) is 0 Å². The number of rotatable bonds is 9. The molecule has 0 rings (SSSR count). The van der Waals surface area contributed by atoms with Crippen LogP contribution in [0.1, 0.15) is 39.5 Å². The van der Waals surface area contributed by atoms with E-state index in [1.54, 1.807) is 7.05 Å². The van der Waals surface area contributed by atoms with Crippen molar-refractivity contribution >= 4 is 18.0 Å². The first-order chi connectivity index (χ1) is 9.27. The van der Waals surface area contributed by atoms with Crippen molar-refractivity contribution in [2.24, 2.45) is 5.92 Å². The molecule has 0 aliphatic rings. The van der Waals surface area contributed by atoms with Crippen LogP contribution in [0, 0.1) is 5.92 Å². The third-order valence-corrected chi connectivity index (χ3v) is 3.11. The Morgan fingerprint density at radius 3 is 2.30 bits per heavy atom. The second-order valence-electron chi connectivity index (χ2n) is 5.02. The van der Waals surface area contributed by atoms with Gasteiger partial charge in [0, 0.05) is 20.0 Å². The second-order valence-corrected chi connectivity index (χ2v) is 5.02. The Bertz CT molecular complexity index is 346. The first-order valence-electron chi connectivity index (χ1n) is 6.74. The number of nitrogens with one attached hydrogen (secondary N) is 1. The van der Waals surface area contributed by atoms with Gasteiger partial charge in [0.2, 0.25) is 0 Å². The van der Waals surface area contributed by atoms with E-state index in [-0.39, 0.29) is 19.3 Å². The smallest absolute Gasteiger partial charge is 0.326 e. The molecule has 0 aliphatic heterocycles. The number of carbonyl (C=O) groups excluding carboxylic acids is 1. The number of aliphatic carboxylic acids is 2. The van der Waals surface area contributed by atoms with Gasteiger partial charge in [-0.1, -0.05) is 20.3 Å². The quantitative estimate of drug-likeness (QED) is 0.594. The van der Waals surface area contributed by atoms with Crippen LogP contribution in [0.4, 0.5) is 4.79 Å². The molecule has 0 heterocycles. The lowest BCUT2D eigenvalue weighted by Crippen LogP contribution is -2.47. The second kappa shape index (κ2) is 9.17. The van der Waals surface area contributed by atoms with Crippen LogP contribution in [0.25, 0.3) is 0 Å². The van der Waals surface area contributed by atoms with Gasteiger partial charge in [-0.2, -0.15) is 0 Å². The van der Waals surface area contributed by atoms with Crippen LogP contribution < -0.4 is 5.32 Å². The molecule has 0 aromatic heterocycles. The maximum absolute atomic E-state index is 11.8. The van der Waals surface area contributed by atoms with E-state index in [0.29, 0.717) is 12.5 Å². The highest BCUT2D eigenvalue weighted by Gasteiger charge is 2.22. The minimum absolute atomic E-state index is 0.102. The molecule has 0 bridgehead atoms. The highest BCUT2D eigenvalue weighted by molar-refractivity contribution is 5.82. The number of nitrogens with zero attached hydrogens (tertiary/aromatic N) is 1. The average molecular weight is 288 g/mol. The molecule has 0 saturated carbocycles. The summed E-state index contributed by atoms with van der Waals surface area (Å²) >= 11 is 0. The number of amides is 2. The van der Waals surface area contributed by atoms with Crippen LogP contribution in [-0.2, 0) is 9.59 Å². The molecule has 0 spiro atoms. The Hall–Kier alpha value is -1.79. The Kier molecular flexibility index (Phi) is 8.35. The van der Waals surface area contributed by atoms with E-state index in [2.05, 4.69) is 5.32 Å². The molecule has 7 nitrogen and oxygen atoms in total. The van der Waals surface area contributed by atoms with Crippen molar-refractivity contribution in [3.05, 3.63) is 0 Å². The van der Waals surface area contributed by atoms with Crippen LogP contribution >= 0.6 is 0 Å². The summed E-state index contributed by atoms with van der Waals surface area (Å²) in [6, 6.07) is -1.51. The zero-order valence-electron chi connectivity index (χ0n) is 12.3. The van der Waals surface area contributed by atoms with Gasteiger partial charge in [-0.05, 0) is 18.8 Å². The summed E-state index contributed by atoms with van der Waals surface area (Å²) in [5.41, 5.74) is 0. The third kappa shape index (κ3) is 7.60. The van der Waals surface area contributed by atoms with Gasteiger partial charge in [0.05, 0.1) is 0 Å². The van der Waals surface area contributed by atoms with Crippen LogP contribution in [0.15, 0.2) is 0 Å². The fourth-order valence-electron chi connectivity index (χ4n) is 1.65. The highest BCUT2D eigenvalue weighted by Crippen LogP contribution is 2.05. The minimum Gasteiger partial charge on any atom is -0.481 e. The summed E-state index contributed by atoms with van der Waals surface area (Å²) in [5.74, 6) is -1.80. The van der Waals surface area contributed by atoms with Gasteiger partial charge in [0.25, 0.3) is 0 Å². The number of urea groups is 1.